The van der Waals surface area contributed by atoms with E-state index >= 15 is 0 Å². The lowest BCUT2D eigenvalue weighted by Gasteiger charge is -2.48. The van der Waals surface area contributed by atoms with E-state index in [0.717, 1.165) is 45.6 Å². The molecule has 1 aromatic heterocycles. The van der Waals surface area contributed by atoms with Crippen LogP contribution in [0, 0.1) is 6.92 Å². The van der Waals surface area contributed by atoms with Crippen molar-refractivity contribution in [1.82, 2.24) is 24.5 Å². The normalized spacial score (nSPS) is 23.7. The molecular formula is C22H41N5O. The van der Waals surface area contributed by atoms with E-state index in [0.29, 0.717) is 18.1 Å². The van der Waals surface area contributed by atoms with Crippen molar-refractivity contribution in [1.29, 1.82) is 0 Å². The zero-order valence-electron chi connectivity index (χ0n) is 18.5. The Morgan fingerprint density at radius 3 is 2.57 bits per heavy atom. The Kier molecular flexibility index (Phi) is 7.92. The van der Waals surface area contributed by atoms with Crippen molar-refractivity contribution < 1.29 is 5.11 Å². The molecule has 28 heavy (non-hydrogen) atoms. The standard InChI is InChI=1S/C22H41N5O/c1-5-9-27-19(4)20(15-23-27)16-24-12-13-26(22(17-24)8-14-28)21-6-10-25(11-7-21)18(2)3/h15,18,21-22,28H,5-14,16-17H2,1-4H3/t22-/m1/s1. The minimum atomic E-state index is 0.285. The van der Waals surface area contributed by atoms with Crippen molar-refractivity contribution >= 4 is 0 Å². The lowest BCUT2D eigenvalue weighted by atomic mass is 9.97. The maximum absolute atomic E-state index is 9.67. The topological polar surface area (TPSA) is 47.8 Å². The minimum Gasteiger partial charge on any atom is -0.396 e. The van der Waals surface area contributed by atoms with Crippen LogP contribution in [0.1, 0.15) is 57.7 Å². The van der Waals surface area contributed by atoms with Gasteiger partial charge in [-0.05, 0) is 59.5 Å². The number of hydrogen-bond donors (Lipinski definition) is 1. The van der Waals surface area contributed by atoms with Gasteiger partial charge >= 0.3 is 0 Å². The Balaban J connectivity index is 1.58. The number of nitrogens with zero attached hydrogens (tertiary/aromatic N) is 5. The molecule has 2 saturated heterocycles. The molecule has 6 nitrogen and oxygen atoms in total. The summed E-state index contributed by atoms with van der Waals surface area (Å²) in [5.41, 5.74) is 2.67. The van der Waals surface area contributed by atoms with E-state index in [9.17, 15) is 5.11 Å². The van der Waals surface area contributed by atoms with E-state index < -0.39 is 0 Å². The summed E-state index contributed by atoms with van der Waals surface area (Å²) in [4.78, 5) is 7.89. The molecule has 0 spiro atoms. The van der Waals surface area contributed by atoms with Crippen molar-refractivity contribution in [2.75, 3.05) is 39.3 Å². The van der Waals surface area contributed by atoms with Crippen molar-refractivity contribution in [3.63, 3.8) is 0 Å². The molecule has 3 rings (SSSR count). The number of piperidine rings is 1. The number of aliphatic hydroxyl groups is 1. The number of rotatable bonds is 8. The molecule has 1 N–H and O–H groups in total. The highest BCUT2D eigenvalue weighted by molar-refractivity contribution is 5.16. The van der Waals surface area contributed by atoms with Gasteiger partial charge in [0.15, 0.2) is 0 Å². The summed E-state index contributed by atoms with van der Waals surface area (Å²) in [6.45, 7) is 17.0. The second-order valence-corrected chi connectivity index (χ2v) is 8.98. The van der Waals surface area contributed by atoms with Crippen LogP contribution in [0.25, 0.3) is 0 Å². The fourth-order valence-electron chi connectivity index (χ4n) is 5.02. The number of aryl methyl sites for hydroxylation is 1. The van der Waals surface area contributed by atoms with Crippen LogP contribution in [0.2, 0.25) is 0 Å². The maximum Gasteiger partial charge on any atom is 0.0537 e. The van der Waals surface area contributed by atoms with Crippen LogP contribution < -0.4 is 0 Å². The highest BCUT2D eigenvalue weighted by atomic mass is 16.3. The molecule has 0 aliphatic carbocycles. The molecule has 1 atom stereocenters. The van der Waals surface area contributed by atoms with Crippen molar-refractivity contribution in [2.24, 2.45) is 0 Å². The van der Waals surface area contributed by atoms with Crippen molar-refractivity contribution in [2.45, 2.75) is 84.6 Å². The summed E-state index contributed by atoms with van der Waals surface area (Å²) in [6, 6.07) is 1.81. The number of aliphatic hydroxyl groups excluding tert-OH is 1. The molecular weight excluding hydrogens is 350 g/mol. The average Bonchev–Trinajstić information content (AvgIpc) is 3.02. The van der Waals surface area contributed by atoms with Crippen LogP contribution in [0.4, 0.5) is 0 Å². The molecule has 2 aliphatic rings. The molecule has 0 amide bonds. The lowest BCUT2D eigenvalue weighted by Crippen LogP contribution is -2.58. The summed E-state index contributed by atoms with van der Waals surface area (Å²) in [5, 5.41) is 14.2. The van der Waals surface area contributed by atoms with E-state index in [-0.39, 0.29) is 6.61 Å². The second-order valence-electron chi connectivity index (χ2n) is 8.98. The van der Waals surface area contributed by atoms with Crippen LogP contribution in [0.3, 0.4) is 0 Å². The smallest absolute Gasteiger partial charge is 0.0537 e. The maximum atomic E-state index is 9.67. The van der Waals surface area contributed by atoms with E-state index in [4.69, 9.17) is 0 Å². The van der Waals surface area contributed by atoms with E-state index in [1.165, 1.54) is 37.2 Å². The summed E-state index contributed by atoms with van der Waals surface area (Å²) in [6.07, 6.45) is 6.59. The van der Waals surface area contributed by atoms with Gasteiger partial charge in [-0.3, -0.25) is 14.5 Å². The molecule has 0 unspecified atom stereocenters. The number of hydrogen-bond acceptors (Lipinski definition) is 5. The van der Waals surface area contributed by atoms with Gasteiger partial charge in [-0.25, -0.2) is 0 Å². The van der Waals surface area contributed by atoms with Gasteiger partial charge in [0.05, 0.1) is 6.20 Å². The first kappa shape index (κ1) is 21.8. The molecule has 0 radical (unpaired) electrons. The Morgan fingerprint density at radius 2 is 1.93 bits per heavy atom. The Labute approximate surface area is 171 Å². The zero-order chi connectivity index (χ0) is 20.1. The van der Waals surface area contributed by atoms with Crippen LogP contribution in [0.5, 0.6) is 0 Å². The summed E-state index contributed by atoms with van der Waals surface area (Å²) < 4.78 is 2.14. The summed E-state index contributed by atoms with van der Waals surface area (Å²) >= 11 is 0. The second kappa shape index (κ2) is 10.2. The largest absolute Gasteiger partial charge is 0.396 e. The Morgan fingerprint density at radius 1 is 1.18 bits per heavy atom. The Hall–Kier alpha value is -0.950. The van der Waals surface area contributed by atoms with Crippen molar-refractivity contribution in [3.05, 3.63) is 17.5 Å². The van der Waals surface area contributed by atoms with Gasteiger partial charge in [-0.1, -0.05) is 6.92 Å². The summed E-state index contributed by atoms with van der Waals surface area (Å²) in [7, 11) is 0. The third kappa shape index (κ3) is 5.15. The SMILES string of the molecule is CCCn1ncc(CN2CCN(C3CCN(C(C)C)CC3)[C@H](CCO)C2)c1C. The van der Waals surface area contributed by atoms with Gasteiger partial charge < -0.3 is 10.0 Å². The molecule has 1 aromatic rings. The van der Waals surface area contributed by atoms with Gasteiger partial charge in [0.2, 0.25) is 0 Å². The van der Waals surface area contributed by atoms with E-state index in [1.807, 2.05) is 0 Å². The predicted molar refractivity (Wildman–Crippen MR) is 114 cm³/mol. The number of aromatic nitrogens is 2. The minimum absolute atomic E-state index is 0.285. The van der Waals surface area contributed by atoms with E-state index in [2.05, 4.69) is 58.4 Å². The van der Waals surface area contributed by atoms with Gasteiger partial charge in [-0.15, -0.1) is 0 Å². The van der Waals surface area contributed by atoms with Gasteiger partial charge in [0.25, 0.3) is 0 Å². The van der Waals surface area contributed by atoms with Gasteiger partial charge in [0.1, 0.15) is 0 Å². The van der Waals surface area contributed by atoms with E-state index in [1.54, 1.807) is 0 Å². The lowest BCUT2D eigenvalue weighted by molar-refractivity contribution is -0.0000860. The van der Waals surface area contributed by atoms with Crippen molar-refractivity contribution in [3.8, 4) is 0 Å². The molecule has 0 saturated carbocycles. The Bertz CT molecular complexity index is 594. The third-order valence-corrected chi connectivity index (χ3v) is 6.81. The molecule has 0 aromatic carbocycles. The van der Waals surface area contributed by atoms with Crippen LogP contribution in [-0.4, -0.2) is 87.0 Å². The third-order valence-electron chi connectivity index (χ3n) is 6.81. The highest BCUT2D eigenvalue weighted by Crippen LogP contribution is 2.25. The van der Waals surface area contributed by atoms with Crippen LogP contribution >= 0.6 is 0 Å². The van der Waals surface area contributed by atoms with Gasteiger partial charge in [0, 0.05) is 68.7 Å². The molecule has 160 valence electrons. The molecule has 6 heteroatoms. The van der Waals surface area contributed by atoms with Crippen LogP contribution in [-0.2, 0) is 13.1 Å². The number of piperazine rings is 1. The zero-order valence-corrected chi connectivity index (χ0v) is 18.5. The fourth-order valence-corrected chi connectivity index (χ4v) is 5.02. The highest BCUT2D eigenvalue weighted by Gasteiger charge is 2.34. The molecule has 3 heterocycles. The summed E-state index contributed by atoms with van der Waals surface area (Å²) in [5.74, 6) is 0. The fraction of sp³-hybridized carbons (Fsp3) is 0.864. The first-order valence-electron chi connectivity index (χ1n) is 11.4. The molecule has 2 aliphatic heterocycles. The first-order chi connectivity index (χ1) is 13.5. The average molecular weight is 392 g/mol. The first-order valence-corrected chi connectivity index (χ1v) is 11.4. The molecule has 2 fully saturated rings. The monoisotopic (exact) mass is 391 g/mol. The molecule has 0 bridgehead atoms. The predicted octanol–water partition coefficient (Wildman–Crippen LogP) is 2.34. The van der Waals surface area contributed by atoms with Gasteiger partial charge in [-0.2, -0.15) is 5.10 Å². The number of likely N-dealkylation sites (tertiary alicyclic amines) is 1. The van der Waals surface area contributed by atoms with Crippen LogP contribution in [0.15, 0.2) is 6.20 Å². The quantitative estimate of drug-likeness (QED) is 0.737.